The normalized spacial score (nSPS) is 12.0. The van der Waals surface area contributed by atoms with E-state index >= 15 is 0 Å². The van der Waals surface area contributed by atoms with Crippen LogP contribution in [0.2, 0.25) is 5.02 Å². The first kappa shape index (κ1) is 26.0. The van der Waals surface area contributed by atoms with Crippen LogP contribution in [0.25, 0.3) is 0 Å². The number of aryl methyl sites for hydroxylation is 3. The maximum absolute atomic E-state index is 10.6. The first-order chi connectivity index (χ1) is 16.4. The van der Waals surface area contributed by atoms with E-state index in [1.54, 1.807) is 0 Å². The summed E-state index contributed by atoms with van der Waals surface area (Å²) in [7, 11) is 0. The van der Waals surface area contributed by atoms with Gasteiger partial charge in [-0.3, -0.25) is 4.79 Å². The quantitative estimate of drug-likeness (QED) is 0.255. The minimum atomic E-state index is -0.769. The monoisotopic (exact) mass is 477 g/mol. The van der Waals surface area contributed by atoms with Gasteiger partial charge in [0.15, 0.2) is 0 Å². The van der Waals surface area contributed by atoms with Crippen LogP contribution in [0.3, 0.4) is 0 Å². The van der Waals surface area contributed by atoms with Crippen LogP contribution in [0.4, 0.5) is 0 Å². The van der Waals surface area contributed by atoms with Crippen molar-refractivity contribution in [2.75, 3.05) is 6.54 Å². The van der Waals surface area contributed by atoms with E-state index in [4.69, 9.17) is 16.7 Å². The molecule has 1 unspecified atom stereocenters. The van der Waals surface area contributed by atoms with Crippen molar-refractivity contribution in [1.29, 1.82) is 0 Å². The molecule has 0 saturated carbocycles. The highest BCUT2D eigenvalue weighted by atomic mass is 35.5. The molecular formula is C30H36ClNO2. The largest absolute Gasteiger partial charge is 0.481 e. The first-order valence-corrected chi connectivity index (χ1v) is 12.6. The van der Waals surface area contributed by atoms with Crippen LogP contribution in [0, 0.1) is 13.8 Å². The average molecular weight is 478 g/mol. The highest BCUT2D eigenvalue weighted by molar-refractivity contribution is 6.30. The fourth-order valence-corrected chi connectivity index (χ4v) is 4.53. The molecule has 3 rings (SSSR count). The number of hydrogen-bond donors (Lipinski definition) is 2. The Labute approximate surface area is 209 Å². The van der Waals surface area contributed by atoms with Gasteiger partial charge < -0.3 is 10.4 Å². The van der Waals surface area contributed by atoms with Gasteiger partial charge in [-0.1, -0.05) is 72.6 Å². The summed E-state index contributed by atoms with van der Waals surface area (Å²) in [5.41, 5.74) is 7.94. The van der Waals surface area contributed by atoms with Crippen molar-refractivity contribution < 1.29 is 9.90 Å². The number of rotatable bonds is 13. The van der Waals surface area contributed by atoms with Gasteiger partial charge in [0.1, 0.15) is 0 Å². The summed E-state index contributed by atoms with van der Waals surface area (Å²) in [5, 5.41) is 12.7. The van der Waals surface area contributed by atoms with Crippen LogP contribution in [0.15, 0.2) is 66.7 Å². The number of aliphatic carboxylic acids is 1. The summed E-state index contributed by atoms with van der Waals surface area (Å²) in [5.74, 6) is -0.311. The van der Waals surface area contributed by atoms with E-state index in [0.29, 0.717) is 19.0 Å². The fraction of sp³-hybridized carbons (Fsp3) is 0.367. The zero-order chi connectivity index (χ0) is 24.3. The Kier molecular flexibility index (Phi) is 10.2. The van der Waals surface area contributed by atoms with Crippen LogP contribution in [0.1, 0.15) is 65.0 Å². The molecule has 3 nitrogen and oxygen atoms in total. The van der Waals surface area contributed by atoms with Gasteiger partial charge in [-0.2, -0.15) is 0 Å². The van der Waals surface area contributed by atoms with Crippen molar-refractivity contribution >= 4 is 17.6 Å². The zero-order valence-corrected chi connectivity index (χ0v) is 21.1. The number of halogens is 1. The van der Waals surface area contributed by atoms with Crippen molar-refractivity contribution in [2.45, 2.75) is 64.8 Å². The van der Waals surface area contributed by atoms with Gasteiger partial charge >= 0.3 is 5.97 Å². The number of carbonyl (C=O) groups is 1. The summed E-state index contributed by atoms with van der Waals surface area (Å²) < 4.78 is 0. The van der Waals surface area contributed by atoms with Crippen molar-refractivity contribution in [1.82, 2.24) is 5.32 Å². The number of benzene rings is 3. The molecule has 180 valence electrons. The molecule has 0 aliphatic rings. The summed E-state index contributed by atoms with van der Waals surface area (Å²) in [6, 6.07) is 23.8. The van der Waals surface area contributed by atoms with Gasteiger partial charge in [-0.05, 0) is 91.0 Å². The number of carboxylic acid groups (broad SMARTS) is 1. The predicted molar refractivity (Wildman–Crippen MR) is 142 cm³/mol. The molecule has 0 heterocycles. The van der Waals surface area contributed by atoms with E-state index in [9.17, 15) is 4.79 Å². The molecule has 0 radical (unpaired) electrons. The topological polar surface area (TPSA) is 49.3 Å². The van der Waals surface area contributed by atoms with E-state index in [1.165, 1.54) is 39.8 Å². The van der Waals surface area contributed by atoms with Crippen LogP contribution in [-0.2, 0) is 24.2 Å². The predicted octanol–water partition coefficient (Wildman–Crippen LogP) is 7.26. The Morgan fingerprint density at radius 3 is 2.35 bits per heavy atom. The number of carboxylic acids is 1. The molecule has 0 saturated heterocycles. The minimum Gasteiger partial charge on any atom is -0.481 e. The molecule has 1 atom stereocenters. The smallest absolute Gasteiger partial charge is 0.304 e. The maximum atomic E-state index is 10.6. The first-order valence-electron chi connectivity index (χ1n) is 12.2. The molecule has 34 heavy (non-hydrogen) atoms. The number of unbranched alkanes of at least 4 members (excludes halogenated alkanes) is 1. The van der Waals surface area contributed by atoms with E-state index in [0.717, 1.165) is 30.7 Å². The van der Waals surface area contributed by atoms with Crippen LogP contribution in [0.5, 0.6) is 0 Å². The van der Waals surface area contributed by atoms with Crippen molar-refractivity contribution in [3.63, 3.8) is 0 Å². The Morgan fingerprint density at radius 2 is 1.65 bits per heavy atom. The lowest BCUT2D eigenvalue weighted by Crippen LogP contribution is -2.17. The molecule has 0 spiro atoms. The third-order valence-electron chi connectivity index (χ3n) is 6.51. The Balaban J connectivity index is 1.52. The molecule has 0 fully saturated rings. The standard InChI is InChI=1S/C30H36ClNO2/c1-22-10-11-26(18-23(22)2)19-27(28-8-5-9-29(31)20-28)7-4-3-6-24-12-14-25(15-13-24)21-32-17-16-30(33)34/h5,8-15,18,20,27,32H,3-4,6-7,16-17,19,21H2,1-2H3,(H,33,34). The van der Waals surface area contributed by atoms with E-state index in [2.05, 4.69) is 79.8 Å². The fourth-order valence-electron chi connectivity index (χ4n) is 4.33. The third kappa shape index (κ3) is 8.62. The van der Waals surface area contributed by atoms with Crippen molar-refractivity contribution in [3.8, 4) is 0 Å². The molecular weight excluding hydrogens is 442 g/mol. The van der Waals surface area contributed by atoms with E-state index < -0.39 is 5.97 Å². The second-order valence-electron chi connectivity index (χ2n) is 9.26. The zero-order valence-electron chi connectivity index (χ0n) is 20.3. The van der Waals surface area contributed by atoms with Crippen LogP contribution >= 0.6 is 11.6 Å². The highest BCUT2D eigenvalue weighted by Crippen LogP contribution is 2.29. The molecule has 2 N–H and O–H groups in total. The molecule has 0 aromatic heterocycles. The summed E-state index contributed by atoms with van der Waals surface area (Å²) in [4.78, 5) is 10.6. The molecule has 3 aromatic carbocycles. The van der Waals surface area contributed by atoms with Gasteiger partial charge in [-0.15, -0.1) is 0 Å². The lowest BCUT2D eigenvalue weighted by molar-refractivity contribution is -0.136. The van der Waals surface area contributed by atoms with Gasteiger partial charge in [0.2, 0.25) is 0 Å². The number of hydrogen-bond acceptors (Lipinski definition) is 2. The second-order valence-corrected chi connectivity index (χ2v) is 9.69. The van der Waals surface area contributed by atoms with Crippen LogP contribution in [-0.4, -0.2) is 17.6 Å². The molecule has 0 aliphatic carbocycles. The minimum absolute atomic E-state index is 0.151. The summed E-state index contributed by atoms with van der Waals surface area (Å²) in [6.07, 6.45) is 5.71. The van der Waals surface area contributed by atoms with E-state index in [-0.39, 0.29) is 6.42 Å². The third-order valence-corrected chi connectivity index (χ3v) is 6.74. The average Bonchev–Trinajstić information content (AvgIpc) is 2.82. The lowest BCUT2D eigenvalue weighted by Gasteiger charge is -2.19. The van der Waals surface area contributed by atoms with Crippen molar-refractivity contribution in [3.05, 3.63) is 105 Å². The second kappa shape index (κ2) is 13.3. The Bertz CT molecular complexity index is 1060. The van der Waals surface area contributed by atoms with Crippen molar-refractivity contribution in [2.24, 2.45) is 0 Å². The van der Waals surface area contributed by atoms with Gasteiger partial charge in [0.05, 0.1) is 6.42 Å². The van der Waals surface area contributed by atoms with Crippen LogP contribution < -0.4 is 5.32 Å². The summed E-state index contributed by atoms with van der Waals surface area (Å²) in [6.45, 7) is 5.54. The van der Waals surface area contributed by atoms with Gasteiger partial charge in [0.25, 0.3) is 0 Å². The Hall–Kier alpha value is -2.62. The van der Waals surface area contributed by atoms with E-state index in [1.807, 2.05) is 6.07 Å². The molecule has 3 aromatic rings. The number of nitrogens with one attached hydrogen (secondary N) is 1. The maximum Gasteiger partial charge on any atom is 0.304 e. The molecule has 4 heteroatoms. The molecule has 0 aliphatic heterocycles. The van der Waals surface area contributed by atoms with Gasteiger partial charge in [0, 0.05) is 18.1 Å². The van der Waals surface area contributed by atoms with Gasteiger partial charge in [-0.25, -0.2) is 0 Å². The Morgan fingerprint density at radius 1 is 0.912 bits per heavy atom. The highest BCUT2D eigenvalue weighted by Gasteiger charge is 2.14. The SMILES string of the molecule is Cc1ccc(CC(CCCCc2ccc(CNCCC(=O)O)cc2)c2cccc(Cl)c2)cc1C. The lowest BCUT2D eigenvalue weighted by atomic mass is 9.86. The molecule has 0 amide bonds. The summed E-state index contributed by atoms with van der Waals surface area (Å²) >= 11 is 6.32. The molecule has 0 bridgehead atoms.